The lowest BCUT2D eigenvalue weighted by Crippen LogP contribution is -2.46. The van der Waals surface area contributed by atoms with Crippen LogP contribution in [0.4, 0.5) is 4.79 Å². The average Bonchev–Trinajstić information content (AvgIpc) is 3.74. The smallest absolute Gasteiger partial charge is 0.411 e. The number of carbonyl (C=O) groups is 3. The monoisotopic (exact) mass is 693 g/mol. The molecule has 270 valence electrons. The lowest BCUT2D eigenvalue weighted by molar-refractivity contribution is -0.139. The minimum atomic E-state index is -0.963. The number of cyclic esters (lactones) is 1. The van der Waals surface area contributed by atoms with Crippen LogP contribution in [-0.4, -0.2) is 80.9 Å². The van der Waals surface area contributed by atoms with E-state index >= 15 is 0 Å². The van der Waals surface area contributed by atoms with Crippen molar-refractivity contribution in [3.63, 3.8) is 0 Å². The summed E-state index contributed by atoms with van der Waals surface area (Å²) in [6.45, 7) is 10.7. The first kappa shape index (κ1) is 42.8. The highest BCUT2D eigenvalue weighted by molar-refractivity contribution is 6.30. The number of unbranched alkanes of at least 4 members (excludes halogenated alkanes) is 1. The average molecular weight is 694 g/mol. The fraction of sp³-hybridized carbons (Fsp3) is 0.595. The van der Waals surface area contributed by atoms with Crippen LogP contribution in [0.15, 0.2) is 60.2 Å². The van der Waals surface area contributed by atoms with Gasteiger partial charge in [0, 0.05) is 18.7 Å². The van der Waals surface area contributed by atoms with Gasteiger partial charge in [0.2, 0.25) is 0 Å². The highest BCUT2D eigenvalue weighted by Crippen LogP contribution is 2.43. The van der Waals surface area contributed by atoms with Gasteiger partial charge in [-0.3, -0.25) is 14.5 Å². The summed E-state index contributed by atoms with van der Waals surface area (Å²) in [5.74, 6) is -0.226. The summed E-state index contributed by atoms with van der Waals surface area (Å²) in [5, 5.41) is 33.1. The molecule has 0 aliphatic carbocycles. The highest BCUT2D eigenvalue weighted by Gasteiger charge is 2.60. The van der Waals surface area contributed by atoms with Crippen LogP contribution >= 0.6 is 11.6 Å². The molecule has 0 aromatic heterocycles. The number of aliphatic hydroxyl groups is 2. The van der Waals surface area contributed by atoms with Crippen LogP contribution < -0.4 is 0 Å². The zero-order valence-corrected chi connectivity index (χ0v) is 30.0. The Balaban J connectivity index is 0.00000218. The number of carboxylic acid groups (broad SMARTS) is 2. The highest BCUT2D eigenvalue weighted by atomic mass is 35.5. The molecule has 1 aromatic carbocycles. The molecule has 2 aliphatic rings. The largest absolute Gasteiger partial charge is 0.483 e. The minimum Gasteiger partial charge on any atom is -0.483 e. The van der Waals surface area contributed by atoms with E-state index in [4.69, 9.17) is 41.2 Å². The second kappa shape index (κ2) is 22.5. The number of allylic oxidation sites excluding steroid dienone is 5. The van der Waals surface area contributed by atoms with Crippen molar-refractivity contribution in [1.82, 2.24) is 4.90 Å². The second-order valence-corrected chi connectivity index (χ2v) is 13.2. The second-order valence-electron chi connectivity index (χ2n) is 12.8. The molecule has 2 fully saturated rings. The van der Waals surface area contributed by atoms with Crippen molar-refractivity contribution in [2.45, 2.75) is 122 Å². The van der Waals surface area contributed by atoms with E-state index in [1.54, 1.807) is 0 Å². The molecule has 3 rings (SSSR count). The standard InChI is InChI=1S/C35H50ClNO6.CH2O2.CH4O/c1-6-7-13-30-32(42-30)33-35(5,43-34(41)37(33)23-27-15-17-28(36)18-16-27)20-9-12-26(4)21-25(3)11-8-10-24(2)14-19-29(38)22-31(39)40;2-1-3;1-2/h8-9,11-12,15-18,20,24-25,29-30,32-33,38H,6-7,10,13-14,19,21-23H2,1-5H3,(H,39,40);1H,(H,2,3);2H,1H3/b11-8+,20-9+,26-12+;;. The van der Waals surface area contributed by atoms with E-state index in [1.165, 1.54) is 5.57 Å². The Morgan fingerprint density at radius 3 is 2.40 bits per heavy atom. The minimum absolute atomic E-state index is 0.0574. The van der Waals surface area contributed by atoms with E-state index in [0.29, 0.717) is 29.8 Å². The quantitative estimate of drug-likeness (QED) is 0.0532. The normalized spacial score (nSPS) is 23.9. The number of aliphatic carboxylic acids is 1. The molecular formula is C37H56ClNO9. The zero-order valence-electron chi connectivity index (χ0n) is 29.3. The summed E-state index contributed by atoms with van der Waals surface area (Å²) in [6.07, 6.45) is 15.6. The van der Waals surface area contributed by atoms with Gasteiger partial charge < -0.3 is 29.9 Å². The molecule has 2 heterocycles. The van der Waals surface area contributed by atoms with Crippen LogP contribution in [0.2, 0.25) is 5.02 Å². The third-order valence-corrected chi connectivity index (χ3v) is 8.62. The third kappa shape index (κ3) is 15.4. The van der Waals surface area contributed by atoms with Crippen molar-refractivity contribution in [1.29, 1.82) is 0 Å². The van der Waals surface area contributed by atoms with E-state index in [-0.39, 0.29) is 37.2 Å². The van der Waals surface area contributed by atoms with E-state index < -0.39 is 17.7 Å². The van der Waals surface area contributed by atoms with Crippen LogP contribution in [-0.2, 0) is 25.6 Å². The number of rotatable bonds is 18. The number of aliphatic hydroxyl groups excluding tert-OH is 2. The van der Waals surface area contributed by atoms with Crippen molar-refractivity contribution in [3.05, 3.63) is 70.8 Å². The van der Waals surface area contributed by atoms with Crippen molar-refractivity contribution in [3.8, 4) is 0 Å². The number of amides is 1. The molecule has 1 amide bonds. The molecule has 10 nitrogen and oxygen atoms in total. The molecule has 2 saturated heterocycles. The van der Waals surface area contributed by atoms with Gasteiger partial charge in [-0.15, -0.1) is 0 Å². The molecule has 48 heavy (non-hydrogen) atoms. The van der Waals surface area contributed by atoms with E-state index in [1.807, 2.05) is 48.2 Å². The molecule has 0 radical (unpaired) electrons. The lowest BCUT2D eigenvalue weighted by atomic mass is 9.90. The summed E-state index contributed by atoms with van der Waals surface area (Å²) in [4.78, 5) is 34.0. The number of epoxide rings is 1. The predicted octanol–water partition coefficient (Wildman–Crippen LogP) is 7.41. The van der Waals surface area contributed by atoms with Gasteiger partial charge in [0.25, 0.3) is 6.47 Å². The summed E-state index contributed by atoms with van der Waals surface area (Å²) < 4.78 is 12.1. The van der Waals surface area contributed by atoms with Crippen molar-refractivity contribution >= 4 is 30.1 Å². The van der Waals surface area contributed by atoms with Gasteiger partial charge in [-0.25, -0.2) is 4.79 Å². The summed E-state index contributed by atoms with van der Waals surface area (Å²) in [6, 6.07) is 7.33. The van der Waals surface area contributed by atoms with E-state index in [9.17, 15) is 14.7 Å². The Kier molecular flexibility index (Phi) is 20.0. The maximum atomic E-state index is 13.2. The van der Waals surface area contributed by atoms with Crippen LogP contribution in [0, 0.1) is 11.8 Å². The van der Waals surface area contributed by atoms with E-state index in [0.717, 1.165) is 51.2 Å². The maximum Gasteiger partial charge on any atom is 0.411 e. The Morgan fingerprint density at radius 2 is 1.79 bits per heavy atom. The zero-order chi connectivity index (χ0) is 36.3. The SMILES string of the molecule is CCCCC1OC1C1N(Cc2ccc(Cl)cc2)C(=O)OC1(C)/C=C/C=C(\C)CC(C)/C=C/CC(C)CCC(O)CC(=O)O.CO.O=CO. The van der Waals surface area contributed by atoms with Crippen LogP contribution in [0.1, 0.15) is 91.5 Å². The molecule has 0 spiro atoms. The fourth-order valence-corrected chi connectivity index (χ4v) is 6.00. The molecule has 0 saturated carbocycles. The number of hydrogen-bond acceptors (Lipinski definition) is 7. The van der Waals surface area contributed by atoms with Gasteiger partial charge in [-0.1, -0.05) is 87.2 Å². The number of benzene rings is 1. The number of halogens is 1. The summed E-state index contributed by atoms with van der Waals surface area (Å²) in [7, 11) is 1.00. The molecule has 7 atom stereocenters. The summed E-state index contributed by atoms with van der Waals surface area (Å²) in [5.41, 5.74) is 1.41. The van der Waals surface area contributed by atoms with Gasteiger partial charge in [-0.2, -0.15) is 0 Å². The maximum absolute atomic E-state index is 13.2. The van der Waals surface area contributed by atoms with Crippen molar-refractivity contribution in [2.24, 2.45) is 11.8 Å². The number of ether oxygens (including phenoxy) is 2. The number of carboxylic acids is 1. The Hall–Kier alpha value is -3.18. The lowest BCUT2D eigenvalue weighted by Gasteiger charge is -2.28. The molecule has 11 heteroatoms. The molecule has 1 aromatic rings. The van der Waals surface area contributed by atoms with Crippen molar-refractivity contribution < 1.29 is 44.3 Å². The molecular weight excluding hydrogens is 638 g/mol. The molecule has 7 unspecified atom stereocenters. The number of nitrogens with zero attached hydrogens (tertiary/aromatic N) is 1. The number of carbonyl (C=O) groups excluding carboxylic acids is 1. The number of hydrogen-bond donors (Lipinski definition) is 4. The van der Waals surface area contributed by atoms with Gasteiger partial charge in [0.1, 0.15) is 12.1 Å². The van der Waals surface area contributed by atoms with Gasteiger partial charge >= 0.3 is 12.1 Å². The molecule has 2 aliphatic heterocycles. The Bertz CT molecular complexity index is 1200. The van der Waals surface area contributed by atoms with Crippen molar-refractivity contribution in [2.75, 3.05) is 7.11 Å². The molecule has 0 bridgehead atoms. The Morgan fingerprint density at radius 1 is 1.15 bits per heavy atom. The predicted molar refractivity (Wildman–Crippen MR) is 188 cm³/mol. The first-order chi connectivity index (χ1) is 22.8. The fourth-order valence-electron chi connectivity index (χ4n) is 5.88. The Labute approximate surface area is 291 Å². The van der Waals surface area contributed by atoms with Crippen LogP contribution in [0.3, 0.4) is 0 Å². The first-order valence-corrected chi connectivity index (χ1v) is 17.0. The van der Waals surface area contributed by atoms with Gasteiger partial charge in [0.15, 0.2) is 5.60 Å². The third-order valence-electron chi connectivity index (χ3n) is 8.36. The van der Waals surface area contributed by atoms with Gasteiger partial charge in [-0.05, 0) is 81.6 Å². The molecule has 4 N–H and O–H groups in total. The topological polar surface area (TPSA) is 157 Å². The van der Waals surface area contributed by atoms with Crippen LogP contribution in [0.25, 0.3) is 0 Å². The van der Waals surface area contributed by atoms with E-state index in [2.05, 4.69) is 45.9 Å². The van der Waals surface area contributed by atoms with Crippen LogP contribution in [0.5, 0.6) is 0 Å². The van der Waals surface area contributed by atoms with Gasteiger partial charge in [0.05, 0.1) is 18.6 Å². The summed E-state index contributed by atoms with van der Waals surface area (Å²) >= 11 is 6.08. The first-order valence-electron chi connectivity index (χ1n) is 16.7.